The molecule has 31 heavy (non-hydrogen) atoms. The number of nitrogens with zero attached hydrogens (tertiary/aromatic N) is 2. The molecule has 0 bridgehead atoms. The molecule has 1 aromatic heterocycles. The van der Waals surface area contributed by atoms with E-state index in [1.165, 1.54) is 17.0 Å². The van der Waals surface area contributed by atoms with E-state index >= 15 is 0 Å². The van der Waals surface area contributed by atoms with E-state index in [1.807, 2.05) is 32.0 Å². The number of ketones is 1. The van der Waals surface area contributed by atoms with Gasteiger partial charge in [-0.15, -0.1) is 11.3 Å². The van der Waals surface area contributed by atoms with E-state index < -0.39 is 6.29 Å². The Morgan fingerprint density at radius 2 is 2.13 bits per heavy atom. The van der Waals surface area contributed by atoms with Crippen LogP contribution in [0.4, 0.5) is 4.39 Å². The van der Waals surface area contributed by atoms with Gasteiger partial charge in [-0.05, 0) is 43.6 Å². The van der Waals surface area contributed by atoms with Crippen molar-refractivity contribution >= 4 is 28.5 Å². The predicted molar refractivity (Wildman–Crippen MR) is 122 cm³/mol. The summed E-state index contributed by atoms with van der Waals surface area (Å²) < 4.78 is 13.7. The molecule has 1 unspecified atom stereocenters. The van der Waals surface area contributed by atoms with Crippen LogP contribution < -0.4 is 11.1 Å². The van der Waals surface area contributed by atoms with Crippen molar-refractivity contribution in [3.05, 3.63) is 91.7 Å². The highest BCUT2D eigenvalue weighted by Gasteiger charge is 2.38. The Bertz CT molecular complexity index is 1280. The Morgan fingerprint density at radius 3 is 2.90 bits per heavy atom. The van der Waals surface area contributed by atoms with E-state index in [9.17, 15) is 9.18 Å². The summed E-state index contributed by atoms with van der Waals surface area (Å²) in [5, 5.41) is 4.23. The van der Waals surface area contributed by atoms with Crippen molar-refractivity contribution in [3.63, 3.8) is 0 Å². The van der Waals surface area contributed by atoms with Crippen molar-refractivity contribution < 1.29 is 9.18 Å². The number of benzene rings is 1. The highest BCUT2D eigenvalue weighted by atomic mass is 32.1. The van der Waals surface area contributed by atoms with E-state index in [4.69, 9.17) is 5.73 Å². The molecule has 3 N–H and O–H groups in total. The lowest BCUT2D eigenvalue weighted by molar-refractivity contribution is 0.104. The van der Waals surface area contributed by atoms with Crippen LogP contribution in [0.15, 0.2) is 64.5 Å². The lowest BCUT2D eigenvalue weighted by Crippen LogP contribution is -2.40. The van der Waals surface area contributed by atoms with Gasteiger partial charge in [0.25, 0.3) is 0 Å². The molecule has 0 fully saturated rings. The van der Waals surface area contributed by atoms with Gasteiger partial charge in [0.1, 0.15) is 5.83 Å². The van der Waals surface area contributed by atoms with Gasteiger partial charge in [0.15, 0.2) is 12.1 Å². The standard InChI is InChI=1S/C24H21FN4OS/c1-12-18(31-13(2)27-12)11-15-6-4-8-17-19(15)22-20(23(17)30)21(28-24(26)29-22)14-5-3-7-16(25)10-9-14/h3-4,6-10,24,29H,5,11,26H2,1-2H3. The molecule has 3 aliphatic rings. The number of Topliss-reactive ketones (excluding diaryl/α,β-unsaturated/α-hetero) is 1. The first kappa shape index (κ1) is 19.8. The van der Waals surface area contributed by atoms with Gasteiger partial charge < -0.3 is 5.32 Å². The molecule has 0 amide bonds. The fraction of sp³-hybridized carbons (Fsp3) is 0.208. The monoisotopic (exact) mass is 432 g/mol. The molecule has 156 valence electrons. The second kappa shape index (κ2) is 7.51. The average Bonchev–Trinajstić information content (AvgIpc) is 3.09. The van der Waals surface area contributed by atoms with Gasteiger partial charge in [-0.25, -0.2) is 14.4 Å². The minimum atomic E-state index is -0.685. The number of thiazole rings is 1. The Labute approximate surface area is 183 Å². The number of hydrogen-bond acceptors (Lipinski definition) is 6. The molecule has 0 saturated heterocycles. The largest absolute Gasteiger partial charge is 0.351 e. The Morgan fingerprint density at radius 1 is 1.29 bits per heavy atom. The number of aryl methyl sites for hydroxylation is 2. The topological polar surface area (TPSA) is 80.4 Å². The van der Waals surface area contributed by atoms with Gasteiger partial charge in [-0.1, -0.05) is 30.4 Å². The number of halogens is 1. The van der Waals surface area contributed by atoms with Crippen LogP contribution in [0.2, 0.25) is 0 Å². The SMILES string of the molecule is Cc1nc(C)c(Cc2cccc3c2C2=C(C3=O)C(C3=CC=C(F)C=CC3)=NC(N)N2)s1. The molecule has 2 heterocycles. The predicted octanol–water partition coefficient (Wildman–Crippen LogP) is 4.28. The molecule has 0 saturated carbocycles. The smallest absolute Gasteiger partial charge is 0.197 e. The van der Waals surface area contributed by atoms with Crippen LogP contribution in [0.5, 0.6) is 0 Å². The summed E-state index contributed by atoms with van der Waals surface area (Å²) in [6.07, 6.45) is 6.70. The lowest BCUT2D eigenvalue weighted by Gasteiger charge is -2.24. The van der Waals surface area contributed by atoms with Crippen molar-refractivity contribution in [3.8, 4) is 0 Å². The third kappa shape index (κ3) is 3.40. The Kier molecular flexibility index (Phi) is 4.79. The molecule has 5 rings (SSSR count). The quantitative estimate of drug-likeness (QED) is 0.759. The zero-order chi connectivity index (χ0) is 21.7. The van der Waals surface area contributed by atoms with Crippen LogP contribution in [0.1, 0.15) is 43.5 Å². The number of fused-ring (bicyclic) bond motifs is 2. The van der Waals surface area contributed by atoms with Crippen LogP contribution in [0.25, 0.3) is 5.70 Å². The van der Waals surface area contributed by atoms with Gasteiger partial charge in [0.2, 0.25) is 0 Å². The van der Waals surface area contributed by atoms with E-state index in [1.54, 1.807) is 23.5 Å². The molecule has 1 aliphatic heterocycles. The number of nitrogens with one attached hydrogen (secondary N) is 1. The second-order valence-electron chi connectivity index (χ2n) is 7.75. The normalized spacial score (nSPS) is 19.9. The first-order chi connectivity index (χ1) is 14.9. The number of aliphatic imine (C=N–C) groups is 1. The van der Waals surface area contributed by atoms with Gasteiger partial charge in [-0.2, -0.15) is 0 Å². The number of nitrogens with two attached hydrogens (primary N) is 1. The minimum Gasteiger partial charge on any atom is -0.351 e. The van der Waals surface area contributed by atoms with E-state index in [0.29, 0.717) is 35.4 Å². The van der Waals surface area contributed by atoms with Gasteiger partial charge in [0, 0.05) is 22.4 Å². The number of carbonyl (C=O) groups excluding carboxylic acids is 1. The summed E-state index contributed by atoms with van der Waals surface area (Å²) in [4.78, 5) is 23.7. The summed E-state index contributed by atoms with van der Waals surface area (Å²) in [5.41, 5.74) is 12.3. The maximum atomic E-state index is 13.7. The van der Waals surface area contributed by atoms with E-state index in [2.05, 4.69) is 15.3 Å². The van der Waals surface area contributed by atoms with Gasteiger partial charge in [0.05, 0.1) is 27.7 Å². The first-order valence-electron chi connectivity index (χ1n) is 10.1. The van der Waals surface area contributed by atoms with Crippen LogP contribution in [-0.2, 0) is 6.42 Å². The molecule has 2 aliphatic carbocycles. The zero-order valence-electron chi connectivity index (χ0n) is 17.2. The number of hydrogen-bond donors (Lipinski definition) is 2. The molecule has 0 radical (unpaired) electrons. The van der Waals surface area contributed by atoms with Crippen molar-refractivity contribution in [2.75, 3.05) is 0 Å². The van der Waals surface area contributed by atoms with E-state index in [0.717, 1.165) is 27.4 Å². The second-order valence-corrected chi connectivity index (χ2v) is 9.04. The third-order valence-electron chi connectivity index (χ3n) is 5.63. The highest BCUT2D eigenvalue weighted by molar-refractivity contribution is 7.11. The molecule has 0 spiro atoms. The Balaban J connectivity index is 1.63. The maximum Gasteiger partial charge on any atom is 0.197 e. The average molecular weight is 433 g/mol. The lowest BCUT2D eigenvalue weighted by atomic mass is 9.95. The third-order valence-corrected chi connectivity index (χ3v) is 6.71. The molecule has 1 atom stereocenters. The van der Waals surface area contributed by atoms with Crippen LogP contribution in [0.3, 0.4) is 0 Å². The summed E-state index contributed by atoms with van der Waals surface area (Å²) in [6, 6.07) is 5.80. The molecular formula is C24H21FN4OS. The minimum absolute atomic E-state index is 0.0826. The summed E-state index contributed by atoms with van der Waals surface area (Å²) >= 11 is 1.67. The Hall–Kier alpha value is -3.16. The highest BCUT2D eigenvalue weighted by Crippen LogP contribution is 2.39. The number of carbonyl (C=O) groups is 1. The van der Waals surface area contributed by atoms with Crippen LogP contribution in [-0.4, -0.2) is 22.8 Å². The molecule has 5 nitrogen and oxygen atoms in total. The molecule has 1 aromatic carbocycles. The maximum absolute atomic E-state index is 13.7. The van der Waals surface area contributed by atoms with Gasteiger partial charge >= 0.3 is 0 Å². The van der Waals surface area contributed by atoms with Crippen molar-refractivity contribution in [2.24, 2.45) is 10.7 Å². The molecule has 7 heteroatoms. The molecule has 2 aromatic rings. The van der Waals surface area contributed by atoms with Crippen molar-refractivity contribution in [1.82, 2.24) is 10.3 Å². The fourth-order valence-corrected chi connectivity index (χ4v) is 5.25. The summed E-state index contributed by atoms with van der Waals surface area (Å²) in [5.74, 6) is -0.414. The van der Waals surface area contributed by atoms with Crippen molar-refractivity contribution in [1.29, 1.82) is 0 Å². The van der Waals surface area contributed by atoms with Gasteiger partial charge in [-0.3, -0.25) is 10.5 Å². The number of allylic oxidation sites excluding steroid dienone is 7. The number of aromatic nitrogens is 1. The summed E-state index contributed by atoms with van der Waals surface area (Å²) in [7, 11) is 0. The van der Waals surface area contributed by atoms with Crippen molar-refractivity contribution in [2.45, 2.75) is 33.0 Å². The molecular weight excluding hydrogens is 411 g/mol. The number of rotatable bonds is 3. The summed E-state index contributed by atoms with van der Waals surface area (Å²) in [6.45, 7) is 4.01. The first-order valence-corrected chi connectivity index (χ1v) is 10.9. The van der Waals surface area contributed by atoms with Crippen LogP contribution in [0, 0.1) is 13.8 Å². The zero-order valence-corrected chi connectivity index (χ0v) is 18.0. The van der Waals surface area contributed by atoms with E-state index in [-0.39, 0.29) is 11.6 Å². The fourth-order valence-electron chi connectivity index (χ4n) is 4.29. The van der Waals surface area contributed by atoms with Crippen LogP contribution >= 0.6 is 11.3 Å².